The van der Waals surface area contributed by atoms with Gasteiger partial charge in [0.25, 0.3) is 0 Å². The maximum absolute atomic E-state index is 14.1. The Balaban J connectivity index is 2.00. The van der Waals surface area contributed by atoms with Crippen LogP contribution in [0.4, 0.5) is 8.78 Å². The van der Waals surface area contributed by atoms with Gasteiger partial charge in [-0.05, 0) is 30.7 Å². The van der Waals surface area contributed by atoms with Crippen LogP contribution in [-0.2, 0) is 5.75 Å². The number of aromatic nitrogens is 2. The lowest BCUT2D eigenvalue weighted by Gasteiger charge is -2.16. The summed E-state index contributed by atoms with van der Waals surface area (Å²) in [6.07, 6.45) is 0. The highest BCUT2D eigenvalue weighted by Gasteiger charge is 2.32. The van der Waals surface area contributed by atoms with E-state index in [0.29, 0.717) is 5.75 Å². The number of benzene rings is 2. The van der Waals surface area contributed by atoms with Crippen molar-refractivity contribution in [1.82, 2.24) is 9.55 Å². The monoisotopic (exact) mass is 302 g/mol. The van der Waals surface area contributed by atoms with Crippen molar-refractivity contribution in [3.8, 4) is 0 Å². The van der Waals surface area contributed by atoms with Gasteiger partial charge in [-0.25, -0.2) is 13.8 Å². The van der Waals surface area contributed by atoms with E-state index in [1.54, 1.807) is 0 Å². The predicted octanol–water partition coefficient (Wildman–Crippen LogP) is 4.42. The number of aryl methyl sites for hydroxylation is 1. The molecule has 1 aliphatic heterocycles. The fourth-order valence-corrected chi connectivity index (χ4v) is 4.19. The van der Waals surface area contributed by atoms with Crippen LogP contribution in [0.25, 0.3) is 11.0 Å². The second kappa shape index (κ2) is 4.56. The van der Waals surface area contributed by atoms with Crippen molar-refractivity contribution < 1.29 is 8.78 Å². The zero-order valence-corrected chi connectivity index (χ0v) is 12.1. The van der Waals surface area contributed by atoms with E-state index in [0.717, 1.165) is 22.4 Å². The maximum Gasteiger partial charge on any atom is 0.132 e. The van der Waals surface area contributed by atoms with Crippen LogP contribution in [0.3, 0.4) is 0 Å². The SMILES string of the molecule is Cc1cccc2nc3n(c12)C(c1c(F)cccc1F)SC3. The minimum Gasteiger partial charge on any atom is -0.310 e. The summed E-state index contributed by atoms with van der Waals surface area (Å²) >= 11 is 1.50. The van der Waals surface area contributed by atoms with Gasteiger partial charge in [-0.3, -0.25) is 0 Å². The fraction of sp³-hybridized carbons (Fsp3) is 0.188. The van der Waals surface area contributed by atoms with Gasteiger partial charge in [-0.2, -0.15) is 0 Å². The summed E-state index contributed by atoms with van der Waals surface area (Å²) < 4.78 is 30.2. The molecule has 0 amide bonds. The molecule has 0 N–H and O–H groups in total. The summed E-state index contributed by atoms with van der Waals surface area (Å²) in [6, 6.07) is 9.90. The fourth-order valence-electron chi connectivity index (χ4n) is 2.91. The van der Waals surface area contributed by atoms with E-state index >= 15 is 0 Å². The first kappa shape index (κ1) is 12.8. The van der Waals surface area contributed by atoms with Crippen molar-refractivity contribution in [2.24, 2.45) is 0 Å². The number of hydrogen-bond donors (Lipinski definition) is 0. The van der Waals surface area contributed by atoms with Crippen LogP contribution in [0.15, 0.2) is 36.4 Å². The minimum atomic E-state index is -0.504. The molecule has 106 valence electrons. The van der Waals surface area contributed by atoms with Gasteiger partial charge in [-0.1, -0.05) is 18.2 Å². The summed E-state index contributed by atoms with van der Waals surface area (Å²) in [5.74, 6) is 0.524. The molecule has 5 heteroatoms. The minimum absolute atomic E-state index is 0.115. The van der Waals surface area contributed by atoms with E-state index in [4.69, 9.17) is 0 Å². The first-order chi connectivity index (χ1) is 10.2. The van der Waals surface area contributed by atoms with Crippen molar-refractivity contribution in [3.63, 3.8) is 0 Å². The van der Waals surface area contributed by atoms with Crippen LogP contribution in [0.5, 0.6) is 0 Å². The Hall–Kier alpha value is -1.88. The Bertz CT molecular complexity index is 837. The van der Waals surface area contributed by atoms with Crippen LogP contribution in [0.2, 0.25) is 0 Å². The highest BCUT2D eigenvalue weighted by Crippen LogP contribution is 2.44. The Labute approximate surface area is 124 Å². The average molecular weight is 302 g/mol. The molecule has 0 radical (unpaired) electrons. The Morgan fingerprint density at radius 3 is 2.62 bits per heavy atom. The van der Waals surface area contributed by atoms with Gasteiger partial charge in [0, 0.05) is 0 Å². The molecule has 1 aromatic heterocycles. The standard InChI is InChI=1S/C16H12F2N2S/c1-9-4-2-7-12-15(9)20-13(19-12)8-21-16(20)14-10(17)5-3-6-11(14)18/h2-7,16H,8H2,1H3. The lowest BCUT2D eigenvalue weighted by Crippen LogP contribution is -2.08. The molecule has 21 heavy (non-hydrogen) atoms. The van der Waals surface area contributed by atoms with Crippen molar-refractivity contribution in [2.45, 2.75) is 18.1 Å². The number of rotatable bonds is 1. The van der Waals surface area contributed by atoms with Crippen molar-refractivity contribution in [3.05, 3.63) is 65.0 Å². The number of halogens is 2. The Kier molecular flexibility index (Phi) is 2.79. The number of thioether (sulfide) groups is 1. The number of nitrogens with zero attached hydrogens (tertiary/aromatic N) is 2. The molecule has 2 nitrogen and oxygen atoms in total. The normalized spacial score (nSPS) is 17.4. The second-order valence-electron chi connectivity index (χ2n) is 5.14. The highest BCUT2D eigenvalue weighted by molar-refractivity contribution is 7.99. The lowest BCUT2D eigenvalue weighted by atomic mass is 10.1. The molecule has 3 aromatic rings. The summed E-state index contributed by atoms with van der Waals surface area (Å²) in [4.78, 5) is 4.59. The number of fused-ring (bicyclic) bond motifs is 3. The molecule has 0 aliphatic carbocycles. The highest BCUT2D eigenvalue weighted by atomic mass is 32.2. The van der Waals surface area contributed by atoms with Crippen molar-refractivity contribution in [1.29, 1.82) is 0 Å². The summed E-state index contributed by atoms with van der Waals surface area (Å²) in [5.41, 5.74) is 3.02. The molecule has 2 aromatic carbocycles. The third-order valence-corrected chi connectivity index (χ3v) is 5.02. The third kappa shape index (κ3) is 1.80. The predicted molar refractivity (Wildman–Crippen MR) is 80.3 cm³/mol. The molecule has 1 aliphatic rings. The number of hydrogen-bond acceptors (Lipinski definition) is 2. The summed E-state index contributed by atoms with van der Waals surface area (Å²) in [5, 5.41) is -0.396. The van der Waals surface area contributed by atoms with E-state index in [-0.39, 0.29) is 5.56 Å². The van der Waals surface area contributed by atoms with Crippen LogP contribution in [0.1, 0.15) is 22.3 Å². The second-order valence-corrected chi connectivity index (χ2v) is 6.21. The topological polar surface area (TPSA) is 17.8 Å². The molecule has 4 rings (SSSR count). The molecule has 2 heterocycles. The zero-order valence-electron chi connectivity index (χ0n) is 11.3. The summed E-state index contributed by atoms with van der Waals surface area (Å²) in [7, 11) is 0. The molecule has 0 saturated heterocycles. The van der Waals surface area contributed by atoms with Crippen LogP contribution in [-0.4, -0.2) is 9.55 Å². The van der Waals surface area contributed by atoms with Crippen LogP contribution in [0, 0.1) is 18.6 Å². The summed E-state index contributed by atoms with van der Waals surface area (Å²) in [6.45, 7) is 2.00. The van der Waals surface area contributed by atoms with Gasteiger partial charge < -0.3 is 4.57 Å². The lowest BCUT2D eigenvalue weighted by molar-refractivity contribution is 0.544. The first-order valence-corrected chi connectivity index (χ1v) is 7.73. The average Bonchev–Trinajstić information content (AvgIpc) is 2.99. The van der Waals surface area contributed by atoms with E-state index < -0.39 is 17.0 Å². The van der Waals surface area contributed by atoms with Crippen molar-refractivity contribution in [2.75, 3.05) is 0 Å². The van der Waals surface area contributed by atoms with Gasteiger partial charge >= 0.3 is 0 Å². The Morgan fingerprint density at radius 2 is 1.86 bits per heavy atom. The van der Waals surface area contributed by atoms with Crippen molar-refractivity contribution >= 4 is 22.8 Å². The molecule has 1 atom stereocenters. The van der Waals surface area contributed by atoms with E-state index in [1.165, 1.54) is 30.0 Å². The van der Waals surface area contributed by atoms with E-state index in [1.807, 2.05) is 29.7 Å². The maximum atomic E-state index is 14.1. The van der Waals surface area contributed by atoms with Gasteiger partial charge in [0.05, 0.1) is 22.3 Å². The van der Waals surface area contributed by atoms with E-state index in [2.05, 4.69) is 4.98 Å². The van der Waals surface area contributed by atoms with Crippen LogP contribution >= 0.6 is 11.8 Å². The van der Waals surface area contributed by atoms with E-state index in [9.17, 15) is 8.78 Å². The van der Waals surface area contributed by atoms with Crippen LogP contribution < -0.4 is 0 Å². The van der Waals surface area contributed by atoms with Gasteiger partial charge in [-0.15, -0.1) is 11.8 Å². The Morgan fingerprint density at radius 1 is 1.14 bits per heavy atom. The molecular weight excluding hydrogens is 290 g/mol. The first-order valence-electron chi connectivity index (χ1n) is 6.69. The molecule has 0 bridgehead atoms. The smallest absolute Gasteiger partial charge is 0.132 e. The molecule has 0 fully saturated rings. The molecule has 0 spiro atoms. The largest absolute Gasteiger partial charge is 0.310 e. The zero-order chi connectivity index (χ0) is 14.6. The quantitative estimate of drug-likeness (QED) is 0.662. The van der Waals surface area contributed by atoms with Gasteiger partial charge in [0.15, 0.2) is 0 Å². The third-order valence-electron chi connectivity index (χ3n) is 3.84. The van der Waals surface area contributed by atoms with Gasteiger partial charge in [0.2, 0.25) is 0 Å². The molecule has 0 saturated carbocycles. The number of para-hydroxylation sites is 1. The van der Waals surface area contributed by atoms with Gasteiger partial charge in [0.1, 0.15) is 22.8 Å². The number of imidazole rings is 1. The molecule has 1 unspecified atom stereocenters. The molecular formula is C16H12F2N2S.